The average Bonchev–Trinajstić information content (AvgIpc) is 2.98. The fourth-order valence-corrected chi connectivity index (χ4v) is 5.44. The molecule has 2 aromatic carbocycles. The molecule has 1 aliphatic rings. The lowest BCUT2D eigenvalue weighted by Gasteiger charge is -2.31. The van der Waals surface area contributed by atoms with Gasteiger partial charge in [-0.3, -0.25) is 0 Å². The number of H-pyrrole nitrogens is 1. The van der Waals surface area contributed by atoms with E-state index in [1.54, 1.807) is 28.6 Å². The first-order chi connectivity index (χ1) is 12.1. The van der Waals surface area contributed by atoms with E-state index in [9.17, 15) is 8.42 Å². The molecule has 0 aliphatic carbocycles. The van der Waals surface area contributed by atoms with E-state index in [-0.39, 0.29) is 0 Å². The fraction of sp³-hybridized carbons (Fsp3) is 0.300. The standard InChI is InChI=1S/C20H22N2O2S/c1-15-20(18-9-5-6-10-19(18)21-15)16-11-13-22(14-12-16)25(23,24)17-7-3-2-4-8-17/h2-10,16,21H,11-14H2,1H3. The van der Waals surface area contributed by atoms with E-state index < -0.39 is 10.0 Å². The Morgan fingerprint density at radius 2 is 1.60 bits per heavy atom. The molecule has 1 aliphatic heterocycles. The summed E-state index contributed by atoms with van der Waals surface area (Å²) in [6.45, 7) is 3.25. The summed E-state index contributed by atoms with van der Waals surface area (Å²) >= 11 is 0. The molecule has 1 N–H and O–H groups in total. The zero-order chi connectivity index (χ0) is 17.4. The summed E-state index contributed by atoms with van der Waals surface area (Å²) in [6.07, 6.45) is 1.71. The molecule has 3 aromatic rings. The Morgan fingerprint density at radius 3 is 2.32 bits per heavy atom. The Balaban J connectivity index is 1.56. The smallest absolute Gasteiger partial charge is 0.243 e. The summed E-state index contributed by atoms with van der Waals surface area (Å²) in [6, 6.07) is 17.1. The number of hydrogen-bond donors (Lipinski definition) is 1. The van der Waals surface area contributed by atoms with Gasteiger partial charge in [-0.25, -0.2) is 8.42 Å². The second kappa shape index (κ2) is 6.32. The molecule has 0 radical (unpaired) electrons. The van der Waals surface area contributed by atoms with Gasteiger partial charge >= 0.3 is 0 Å². The quantitative estimate of drug-likeness (QED) is 0.771. The van der Waals surface area contributed by atoms with Crippen molar-refractivity contribution in [3.05, 3.63) is 65.9 Å². The lowest BCUT2D eigenvalue weighted by molar-refractivity contribution is 0.320. The maximum atomic E-state index is 12.8. The number of rotatable bonds is 3. The van der Waals surface area contributed by atoms with Gasteiger partial charge in [0.2, 0.25) is 10.0 Å². The maximum Gasteiger partial charge on any atom is 0.243 e. The van der Waals surface area contributed by atoms with Crippen molar-refractivity contribution in [3.63, 3.8) is 0 Å². The van der Waals surface area contributed by atoms with Crippen LogP contribution in [-0.2, 0) is 10.0 Å². The minimum Gasteiger partial charge on any atom is -0.358 e. The summed E-state index contributed by atoms with van der Waals surface area (Å²) in [5.41, 5.74) is 3.72. The normalized spacial score (nSPS) is 17.2. The van der Waals surface area contributed by atoms with Crippen molar-refractivity contribution in [2.24, 2.45) is 0 Å². The highest BCUT2D eigenvalue weighted by atomic mass is 32.2. The van der Waals surface area contributed by atoms with E-state index in [0.717, 1.165) is 18.4 Å². The van der Waals surface area contributed by atoms with Crippen LogP contribution in [0.25, 0.3) is 10.9 Å². The van der Waals surface area contributed by atoms with Crippen LogP contribution >= 0.6 is 0 Å². The second-order valence-corrected chi connectivity index (χ2v) is 8.64. The van der Waals surface area contributed by atoms with Crippen LogP contribution in [0.15, 0.2) is 59.5 Å². The van der Waals surface area contributed by atoms with Gasteiger partial charge in [-0.2, -0.15) is 4.31 Å². The fourth-order valence-electron chi connectivity index (χ4n) is 3.95. The molecule has 0 spiro atoms. The first-order valence-corrected chi connectivity index (χ1v) is 10.1. The molecule has 0 bridgehead atoms. The Kier molecular flexibility index (Phi) is 4.13. The number of hydrogen-bond acceptors (Lipinski definition) is 2. The van der Waals surface area contributed by atoms with Gasteiger partial charge in [-0.05, 0) is 49.4 Å². The third-order valence-corrected chi connectivity index (χ3v) is 7.10. The number of sulfonamides is 1. The number of aromatic amines is 1. The number of aromatic nitrogens is 1. The third-order valence-electron chi connectivity index (χ3n) is 5.19. The second-order valence-electron chi connectivity index (χ2n) is 6.70. The van der Waals surface area contributed by atoms with Crippen LogP contribution in [0.4, 0.5) is 0 Å². The summed E-state index contributed by atoms with van der Waals surface area (Å²) in [5.74, 6) is 0.401. The van der Waals surface area contributed by atoms with Crippen LogP contribution in [-0.4, -0.2) is 30.8 Å². The summed E-state index contributed by atoms with van der Waals surface area (Å²) in [5, 5.41) is 1.27. The van der Waals surface area contributed by atoms with E-state index in [1.807, 2.05) is 12.1 Å². The molecule has 0 saturated carbocycles. The molecule has 25 heavy (non-hydrogen) atoms. The molecule has 0 amide bonds. The minimum absolute atomic E-state index is 0.386. The first kappa shape index (κ1) is 16.4. The van der Waals surface area contributed by atoms with E-state index >= 15 is 0 Å². The van der Waals surface area contributed by atoms with Gasteiger partial charge in [0.05, 0.1) is 4.90 Å². The van der Waals surface area contributed by atoms with Crippen molar-refractivity contribution in [2.45, 2.75) is 30.6 Å². The van der Waals surface area contributed by atoms with Gasteiger partial charge in [0, 0.05) is 29.7 Å². The SMILES string of the molecule is Cc1[nH]c2ccccc2c1C1CCN(S(=O)(=O)c2ccccc2)CC1. The monoisotopic (exact) mass is 354 g/mol. The minimum atomic E-state index is -3.38. The molecule has 4 rings (SSSR count). The van der Waals surface area contributed by atoms with Gasteiger partial charge < -0.3 is 4.98 Å². The Labute approximate surface area is 148 Å². The van der Waals surface area contributed by atoms with E-state index in [0.29, 0.717) is 23.9 Å². The van der Waals surface area contributed by atoms with Crippen LogP contribution < -0.4 is 0 Å². The van der Waals surface area contributed by atoms with Gasteiger partial charge in [0.25, 0.3) is 0 Å². The molecule has 5 heteroatoms. The highest BCUT2D eigenvalue weighted by Crippen LogP contribution is 2.36. The highest BCUT2D eigenvalue weighted by molar-refractivity contribution is 7.89. The zero-order valence-electron chi connectivity index (χ0n) is 14.3. The van der Waals surface area contributed by atoms with Crippen molar-refractivity contribution in [1.82, 2.24) is 9.29 Å². The molecular formula is C20H22N2O2S. The molecule has 130 valence electrons. The van der Waals surface area contributed by atoms with Crippen LogP contribution in [0.1, 0.15) is 30.0 Å². The third kappa shape index (κ3) is 2.87. The van der Waals surface area contributed by atoms with Crippen LogP contribution in [0, 0.1) is 6.92 Å². The average molecular weight is 354 g/mol. The first-order valence-electron chi connectivity index (χ1n) is 8.70. The Hall–Kier alpha value is -2.11. The zero-order valence-corrected chi connectivity index (χ0v) is 15.1. The molecule has 2 heterocycles. The molecule has 1 fully saturated rings. The van der Waals surface area contributed by atoms with Crippen molar-refractivity contribution in [1.29, 1.82) is 0 Å². The van der Waals surface area contributed by atoms with Crippen molar-refractivity contribution >= 4 is 20.9 Å². The van der Waals surface area contributed by atoms with Crippen molar-refractivity contribution in [2.75, 3.05) is 13.1 Å². The molecule has 1 saturated heterocycles. The predicted molar refractivity (Wildman–Crippen MR) is 100 cm³/mol. The lowest BCUT2D eigenvalue weighted by atomic mass is 9.88. The van der Waals surface area contributed by atoms with Gasteiger partial charge in [-0.15, -0.1) is 0 Å². The predicted octanol–water partition coefficient (Wildman–Crippen LogP) is 4.04. The summed E-state index contributed by atoms with van der Waals surface area (Å²) in [4.78, 5) is 3.85. The Bertz CT molecular complexity index is 985. The van der Waals surface area contributed by atoms with Crippen LogP contribution in [0.5, 0.6) is 0 Å². The number of piperidine rings is 1. The van der Waals surface area contributed by atoms with Gasteiger partial charge in [0.1, 0.15) is 0 Å². The molecular weight excluding hydrogens is 332 g/mol. The molecule has 1 aromatic heterocycles. The van der Waals surface area contributed by atoms with Gasteiger partial charge in [0.15, 0.2) is 0 Å². The van der Waals surface area contributed by atoms with Crippen molar-refractivity contribution in [3.8, 4) is 0 Å². The molecule has 4 nitrogen and oxygen atoms in total. The molecule has 0 atom stereocenters. The number of benzene rings is 2. The van der Waals surface area contributed by atoms with Crippen LogP contribution in [0.3, 0.4) is 0 Å². The highest BCUT2D eigenvalue weighted by Gasteiger charge is 2.31. The topological polar surface area (TPSA) is 53.2 Å². The van der Waals surface area contributed by atoms with E-state index in [2.05, 4.69) is 30.1 Å². The van der Waals surface area contributed by atoms with Gasteiger partial charge in [-0.1, -0.05) is 36.4 Å². The largest absolute Gasteiger partial charge is 0.358 e. The summed E-state index contributed by atoms with van der Waals surface area (Å²) in [7, 11) is -3.38. The maximum absolute atomic E-state index is 12.8. The Morgan fingerprint density at radius 1 is 0.960 bits per heavy atom. The van der Waals surface area contributed by atoms with E-state index in [1.165, 1.54) is 16.6 Å². The van der Waals surface area contributed by atoms with E-state index in [4.69, 9.17) is 0 Å². The number of aryl methyl sites for hydroxylation is 1. The summed E-state index contributed by atoms with van der Waals surface area (Å²) < 4.78 is 27.2. The number of nitrogens with zero attached hydrogens (tertiary/aromatic N) is 1. The van der Waals surface area contributed by atoms with Crippen LogP contribution in [0.2, 0.25) is 0 Å². The number of nitrogens with one attached hydrogen (secondary N) is 1. The lowest BCUT2D eigenvalue weighted by Crippen LogP contribution is -2.37. The number of fused-ring (bicyclic) bond motifs is 1. The van der Waals surface area contributed by atoms with Crippen molar-refractivity contribution < 1.29 is 8.42 Å². The number of para-hydroxylation sites is 1. The molecule has 0 unspecified atom stereocenters.